The summed E-state index contributed by atoms with van der Waals surface area (Å²) in [5.74, 6) is -0.105. The summed E-state index contributed by atoms with van der Waals surface area (Å²) in [4.78, 5) is 23.1. The van der Waals surface area contributed by atoms with Gasteiger partial charge in [0.05, 0.1) is 5.56 Å². The van der Waals surface area contributed by atoms with Crippen LogP contribution in [0.4, 0.5) is 5.82 Å². The zero-order valence-corrected chi connectivity index (χ0v) is 9.21. The number of hydrogen-bond acceptors (Lipinski definition) is 5. The lowest BCUT2D eigenvalue weighted by molar-refractivity contribution is 0.100. The highest BCUT2D eigenvalue weighted by atomic mass is 16.1. The SMILES string of the molecule is Cc1cnccc1-c1ncc(C(N)=O)c(N)n1. The molecule has 0 aliphatic heterocycles. The average Bonchev–Trinajstić information content (AvgIpc) is 2.29. The molecule has 0 saturated heterocycles. The zero-order valence-electron chi connectivity index (χ0n) is 9.21. The van der Waals surface area contributed by atoms with Crippen molar-refractivity contribution in [3.05, 3.63) is 35.8 Å². The Morgan fingerprint density at radius 3 is 2.71 bits per heavy atom. The summed E-state index contributed by atoms with van der Waals surface area (Å²) in [5, 5.41) is 0. The third-order valence-electron chi connectivity index (χ3n) is 2.34. The number of primary amides is 1. The lowest BCUT2D eigenvalue weighted by Crippen LogP contribution is -2.15. The summed E-state index contributed by atoms with van der Waals surface area (Å²) >= 11 is 0. The van der Waals surface area contributed by atoms with Gasteiger partial charge in [0, 0.05) is 24.2 Å². The minimum Gasteiger partial charge on any atom is -0.383 e. The van der Waals surface area contributed by atoms with E-state index in [4.69, 9.17) is 11.5 Å². The van der Waals surface area contributed by atoms with E-state index in [2.05, 4.69) is 15.0 Å². The smallest absolute Gasteiger partial charge is 0.254 e. The van der Waals surface area contributed by atoms with Gasteiger partial charge in [0.1, 0.15) is 5.82 Å². The van der Waals surface area contributed by atoms with E-state index < -0.39 is 5.91 Å². The minimum absolute atomic E-state index is 0.0821. The highest BCUT2D eigenvalue weighted by molar-refractivity contribution is 5.96. The Kier molecular flexibility index (Phi) is 2.70. The summed E-state index contributed by atoms with van der Waals surface area (Å²) in [6, 6.07) is 1.79. The first-order valence-electron chi connectivity index (χ1n) is 4.93. The molecule has 0 bridgehead atoms. The first-order chi connectivity index (χ1) is 8.09. The predicted octanol–water partition coefficient (Wildman–Crippen LogP) is 0.528. The van der Waals surface area contributed by atoms with Gasteiger partial charge in [0.2, 0.25) is 0 Å². The van der Waals surface area contributed by atoms with E-state index in [9.17, 15) is 4.79 Å². The molecule has 86 valence electrons. The number of carbonyl (C=O) groups excluding carboxylic acids is 1. The molecule has 2 heterocycles. The minimum atomic E-state index is -0.638. The van der Waals surface area contributed by atoms with Crippen molar-refractivity contribution in [2.24, 2.45) is 5.73 Å². The summed E-state index contributed by atoms with van der Waals surface area (Å²) in [6.45, 7) is 1.89. The molecule has 2 aromatic heterocycles. The fraction of sp³-hybridized carbons (Fsp3) is 0.0909. The summed E-state index contributed by atoms with van der Waals surface area (Å²) in [7, 11) is 0. The van der Waals surface area contributed by atoms with Gasteiger partial charge in [-0.2, -0.15) is 0 Å². The number of hydrogen-bond donors (Lipinski definition) is 2. The Labute approximate surface area is 97.7 Å². The number of nitrogens with two attached hydrogens (primary N) is 2. The molecule has 6 heteroatoms. The molecule has 0 aliphatic carbocycles. The standard InChI is InChI=1S/C11H11N5O/c1-6-4-14-3-2-7(6)11-15-5-8(10(13)17)9(12)16-11/h2-5H,1H3,(H2,13,17)(H2,12,15,16). The molecule has 2 rings (SSSR count). The monoisotopic (exact) mass is 229 g/mol. The van der Waals surface area contributed by atoms with Crippen LogP contribution in [0.5, 0.6) is 0 Å². The van der Waals surface area contributed by atoms with Crippen LogP contribution >= 0.6 is 0 Å². The third-order valence-corrected chi connectivity index (χ3v) is 2.34. The largest absolute Gasteiger partial charge is 0.383 e. The molecular weight excluding hydrogens is 218 g/mol. The highest BCUT2D eigenvalue weighted by Gasteiger charge is 2.11. The molecule has 2 aromatic rings. The molecule has 0 fully saturated rings. The Morgan fingerprint density at radius 2 is 2.12 bits per heavy atom. The van der Waals surface area contributed by atoms with E-state index in [0.717, 1.165) is 11.1 Å². The van der Waals surface area contributed by atoms with Gasteiger partial charge in [-0.25, -0.2) is 9.97 Å². The van der Waals surface area contributed by atoms with Gasteiger partial charge in [-0.05, 0) is 18.6 Å². The number of nitrogens with zero attached hydrogens (tertiary/aromatic N) is 3. The van der Waals surface area contributed by atoms with E-state index in [-0.39, 0.29) is 11.4 Å². The topological polar surface area (TPSA) is 108 Å². The summed E-state index contributed by atoms with van der Waals surface area (Å²) < 4.78 is 0. The van der Waals surface area contributed by atoms with Crippen LogP contribution in [0, 0.1) is 6.92 Å². The predicted molar refractivity (Wildman–Crippen MR) is 62.9 cm³/mol. The van der Waals surface area contributed by atoms with Gasteiger partial charge < -0.3 is 11.5 Å². The normalized spacial score (nSPS) is 10.2. The molecule has 0 aromatic carbocycles. The molecule has 0 radical (unpaired) electrons. The Morgan fingerprint density at radius 1 is 1.35 bits per heavy atom. The second kappa shape index (κ2) is 4.17. The number of aromatic nitrogens is 3. The van der Waals surface area contributed by atoms with Crippen LogP contribution in [-0.2, 0) is 0 Å². The van der Waals surface area contributed by atoms with Crippen molar-refractivity contribution < 1.29 is 4.79 Å². The summed E-state index contributed by atoms with van der Waals surface area (Å²) in [5.41, 5.74) is 12.6. The van der Waals surface area contributed by atoms with Crippen molar-refractivity contribution in [3.63, 3.8) is 0 Å². The molecule has 0 unspecified atom stereocenters. The maximum Gasteiger partial charge on any atom is 0.254 e. The van der Waals surface area contributed by atoms with Gasteiger partial charge in [0.15, 0.2) is 5.82 Å². The molecule has 1 amide bonds. The second-order valence-electron chi connectivity index (χ2n) is 3.55. The van der Waals surface area contributed by atoms with Crippen molar-refractivity contribution in [1.82, 2.24) is 15.0 Å². The average molecular weight is 229 g/mol. The molecule has 4 N–H and O–H groups in total. The van der Waals surface area contributed by atoms with Crippen LogP contribution in [-0.4, -0.2) is 20.9 Å². The number of nitrogen functional groups attached to an aromatic ring is 1. The lowest BCUT2D eigenvalue weighted by Gasteiger charge is -2.05. The van der Waals surface area contributed by atoms with Crippen molar-refractivity contribution in [1.29, 1.82) is 0 Å². The van der Waals surface area contributed by atoms with Gasteiger partial charge in [-0.15, -0.1) is 0 Å². The maximum absolute atomic E-state index is 11.0. The van der Waals surface area contributed by atoms with Crippen LogP contribution < -0.4 is 11.5 Å². The number of anilines is 1. The second-order valence-corrected chi connectivity index (χ2v) is 3.55. The van der Waals surface area contributed by atoms with Gasteiger partial charge >= 0.3 is 0 Å². The van der Waals surface area contributed by atoms with E-state index in [1.54, 1.807) is 18.5 Å². The fourth-order valence-corrected chi connectivity index (χ4v) is 1.44. The Hall–Kier alpha value is -2.50. The fourth-order valence-electron chi connectivity index (χ4n) is 1.44. The van der Waals surface area contributed by atoms with Crippen molar-refractivity contribution in [2.75, 3.05) is 5.73 Å². The quantitative estimate of drug-likeness (QED) is 0.780. The highest BCUT2D eigenvalue weighted by Crippen LogP contribution is 2.19. The van der Waals surface area contributed by atoms with E-state index in [1.807, 2.05) is 6.92 Å². The van der Waals surface area contributed by atoms with Crippen LogP contribution in [0.15, 0.2) is 24.7 Å². The molecule has 6 nitrogen and oxygen atoms in total. The molecule has 17 heavy (non-hydrogen) atoms. The Bertz CT molecular complexity index is 582. The van der Waals surface area contributed by atoms with E-state index >= 15 is 0 Å². The van der Waals surface area contributed by atoms with E-state index in [0.29, 0.717) is 5.82 Å². The van der Waals surface area contributed by atoms with Gasteiger partial charge in [0.25, 0.3) is 5.91 Å². The van der Waals surface area contributed by atoms with Crippen LogP contribution in [0.2, 0.25) is 0 Å². The zero-order chi connectivity index (χ0) is 12.4. The van der Waals surface area contributed by atoms with Gasteiger partial charge in [-0.3, -0.25) is 9.78 Å². The van der Waals surface area contributed by atoms with Gasteiger partial charge in [-0.1, -0.05) is 0 Å². The number of carbonyl (C=O) groups is 1. The number of aryl methyl sites for hydroxylation is 1. The van der Waals surface area contributed by atoms with Crippen LogP contribution in [0.3, 0.4) is 0 Å². The Balaban J connectivity index is 2.52. The summed E-state index contributed by atoms with van der Waals surface area (Å²) in [6.07, 6.45) is 4.68. The number of pyridine rings is 1. The first kappa shape index (κ1) is 11.0. The molecule has 0 atom stereocenters. The third kappa shape index (κ3) is 2.05. The number of amides is 1. The van der Waals surface area contributed by atoms with Crippen LogP contribution in [0.25, 0.3) is 11.4 Å². The van der Waals surface area contributed by atoms with Crippen LogP contribution in [0.1, 0.15) is 15.9 Å². The van der Waals surface area contributed by atoms with Crippen molar-refractivity contribution in [2.45, 2.75) is 6.92 Å². The first-order valence-corrected chi connectivity index (χ1v) is 4.93. The molecule has 0 saturated carbocycles. The number of rotatable bonds is 2. The van der Waals surface area contributed by atoms with Crippen molar-refractivity contribution >= 4 is 11.7 Å². The molecule has 0 aliphatic rings. The van der Waals surface area contributed by atoms with E-state index in [1.165, 1.54) is 6.20 Å². The molecular formula is C11H11N5O. The van der Waals surface area contributed by atoms with Crippen molar-refractivity contribution in [3.8, 4) is 11.4 Å². The molecule has 0 spiro atoms. The maximum atomic E-state index is 11.0. The lowest BCUT2D eigenvalue weighted by atomic mass is 10.1.